The Balaban J connectivity index is 2.47. The van der Waals surface area contributed by atoms with E-state index < -0.39 is 0 Å². The summed E-state index contributed by atoms with van der Waals surface area (Å²) in [5, 5.41) is 9.22. The van der Waals surface area contributed by atoms with E-state index in [1.165, 1.54) is 0 Å². The van der Waals surface area contributed by atoms with Crippen LogP contribution in [0.15, 0.2) is 0 Å². The number of hydrogen-bond acceptors (Lipinski definition) is 4. The van der Waals surface area contributed by atoms with Gasteiger partial charge in [0.15, 0.2) is 0 Å². The lowest BCUT2D eigenvalue weighted by atomic mass is 9.96. The molecule has 0 fully saturated rings. The third-order valence-electron chi connectivity index (χ3n) is 2.28. The maximum atomic E-state index is 11.7. The van der Waals surface area contributed by atoms with Crippen molar-refractivity contribution < 1.29 is 9.59 Å². The Labute approximate surface area is 106 Å². The summed E-state index contributed by atoms with van der Waals surface area (Å²) in [5.74, 6) is 0.0344. The van der Waals surface area contributed by atoms with Gasteiger partial charge in [0.1, 0.15) is 5.82 Å². The Morgan fingerprint density at radius 1 is 1.39 bits per heavy atom. The van der Waals surface area contributed by atoms with Crippen molar-refractivity contribution in [2.45, 2.75) is 39.0 Å². The summed E-state index contributed by atoms with van der Waals surface area (Å²) in [7, 11) is 0. The number of carbonyl (C=O) groups is 2. The molecule has 0 aromatic carbocycles. The van der Waals surface area contributed by atoms with Crippen LogP contribution in [-0.4, -0.2) is 33.5 Å². The molecular formula is C11H19N5O2. The van der Waals surface area contributed by atoms with Crippen LogP contribution in [0.5, 0.6) is 0 Å². The number of aromatic nitrogens is 3. The van der Waals surface area contributed by atoms with Crippen LogP contribution in [0.2, 0.25) is 0 Å². The zero-order chi connectivity index (χ0) is 13.8. The van der Waals surface area contributed by atoms with Gasteiger partial charge in [-0.25, -0.2) is 4.98 Å². The Morgan fingerprint density at radius 3 is 2.56 bits per heavy atom. The molecule has 0 bridgehead atoms. The summed E-state index contributed by atoms with van der Waals surface area (Å²) in [4.78, 5) is 26.3. The van der Waals surface area contributed by atoms with Crippen molar-refractivity contribution in [3.8, 4) is 0 Å². The molecule has 7 heteroatoms. The molecule has 1 aromatic heterocycles. The second-order valence-electron chi connectivity index (χ2n) is 5.08. The summed E-state index contributed by atoms with van der Waals surface area (Å²) < 4.78 is 0. The van der Waals surface area contributed by atoms with Gasteiger partial charge in [-0.1, -0.05) is 20.8 Å². The van der Waals surface area contributed by atoms with E-state index in [1.54, 1.807) is 0 Å². The van der Waals surface area contributed by atoms with E-state index in [2.05, 4.69) is 20.5 Å². The molecular weight excluding hydrogens is 234 g/mol. The number of H-pyrrole nitrogens is 1. The SMILES string of the molecule is CC(C)(C)c1nc(C(=O)NCCCC(N)=O)n[nH]1. The summed E-state index contributed by atoms with van der Waals surface area (Å²) in [6.45, 7) is 6.30. The Bertz CT molecular complexity index is 433. The number of nitrogens with one attached hydrogen (secondary N) is 2. The fraction of sp³-hybridized carbons (Fsp3) is 0.636. The van der Waals surface area contributed by atoms with Crippen molar-refractivity contribution in [3.63, 3.8) is 0 Å². The largest absolute Gasteiger partial charge is 0.370 e. The van der Waals surface area contributed by atoms with Crippen LogP contribution >= 0.6 is 0 Å². The van der Waals surface area contributed by atoms with Crippen LogP contribution in [0.1, 0.15) is 50.1 Å². The minimum atomic E-state index is -0.378. The van der Waals surface area contributed by atoms with Crippen LogP contribution in [0.4, 0.5) is 0 Å². The Morgan fingerprint density at radius 2 is 2.06 bits per heavy atom. The van der Waals surface area contributed by atoms with Crippen LogP contribution in [0.25, 0.3) is 0 Å². The molecule has 4 N–H and O–H groups in total. The quantitative estimate of drug-likeness (QED) is 0.645. The predicted octanol–water partition coefficient (Wildman–Crippen LogP) is 0.0975. The molecule has 0 aliphatic rings. The van der Waals surface area contributed by atoms with Crippen molar-refractivity contribution in [1.82, 2.24) is 20.5 Å². The smallest absolute Gasteiger partial charge is 0.290 e. The van der Waals surface area contributed by atoms with Gasteiger partial charge in [-0.2, -0.15) is 0 Å². The highest BCUT2D eigenvalue weighted by Gasteiger charge is 2.20. The van der Waals surface area contributed by atoms with E-state index in [9.17, 15) is 9.59 Å². The van der Waals surface area contributed by atoms with Crippen molar-refractivity contribution in [3.05, 3.63) is 11.6 Å². The predicted molar refractivity (Wildman–Crippen MR) is 65.8 cm³/mol. The summed E-state index contributed by atoms with van der Waals surface area (Å²) >= 11 is 0. The fourth-order valence-corrected chi connectivity index (χ4v) is 1.24. The topological polar surface area (TPSA) is 114 Å². The molecule has 1 heterocycles. The molecule has 100 valence electrons. The summed E-state index contributed by atoms with van der Waals surface area (Å²) in [5.41, 5.74) is 4.81. The van der Waals surface area contributed by atoms with Gasteiger partial charge in [0, 0.05) is 18.4 Å². The molecule has 7 nitrogen and oxygen atoms in total. The second-order valence-corrected chi connectivity index (χ2v) is 5.08. The van der Waals surface area contributed by atoms with Gasteiger partial charge in [0.2, 0.25) is 11.7 Å². The van der Waals surface area contributed by atoms with Crippen molar-refractivity contribution in [1.29, 1.82) is 0 Å². The minimum Gasteiger partial charge on any atom is -0.370 e. The van der Waals surface area contributed by atoms with Crippen LogP contribution < -0.4 is 11.1 Å². The maximum absolute atomic E-state index is 11.7. The molecule has 18 heavy (non-hydrogen) atoms. The van der Waals surface area contributed by atoms with E-state index in [0.717, 1.165) is 0 Å². The van der Waals surface area contributed by atoms with E-state index in [0.29, 0.717) is 18.8 Å². The monoisotopic (exact) mass is 253 g/mol. The van der Waals surface area contributed by atoms with Gasteiger partial charge in [-0.05, 0) is 6.42 Å². The number of rotatable bonds is 5. The number of carbonyl (C=O) groups excluding carboxylic acids is 2. The van der Waals surface area contributed by atoms with Gasteiger partial charge < -0.3 is 11.1 Å². The van der Waals surface area contributed by atoms with Gasteiger partial charge in [-0.3, -0.25) is 14.7 Å². The van der Waals surface area contributed by atoms with E-state index >= 15 is 0 Å². The molecule has 0 aliphatic heterocycles. The molecule has 0 aliphatic carbocycles. The van der Waals surface area contributed by atoms with E-state index in [1.807, 2.05) is 20.8 Å². The first-order valence-corrected chi connectivity index (χ1v) is 5.80. The van der Waals surface area contributed by atoms with Crippen LogP contribution in [-0.2, 0) is 10.2 Å². The van der Waals surface area contributed by atoms with Crippen molar-refractivity contribution in [2.24, 2.45) is 5.73 Å². The molecule has 0 radical (unpaired) electrons. The minimum absolute atomic E-state index is 0.110. The highest BCUT2D eigenvalue weighted by atomic mass is 16.2. The first-order chi connectivity index (χ1) is 8.30. The number of nitrogens with two attached hydrogens (primary N) is 1. The molecule has 0 spiro atoms. The number of amides is 2. The average Bonchev–Trinajstić information content (AvgIpc) is 2.72. The number of aromatic amines is 1. The van der Waals surface area contributed by atoms with Crippen molar-refractivity contribution in [2.75, 3.05) is 6.54 Å². The first kappa shape index (κ1) is 14.1. The highest BCUT2D eigenvalue weighted by molar-refractivity contribution is 5.90. The van der Waals surface area contributed by atoms with Gasteiger partial charge in [0.25, 0.3) is 5.91 Å². The third kappa shape index (κ3) is 4.15. The average molecular weight is 253 g/mol. The number of nitrogens with zero attached hydrogens (tertiary/aromatic N) is 2. The normalized spacial score (nSPS) is 11.3. The molecule has 0 atom stereocenters. The Kier molecular flexibility index (Phi) is 4.41. The van der Waals surface area contributed by atoms with Gasteiger partial charge >= 0.3 is 0 Å². The first-order valence-electron chi connectivity index (χ1n) is 5.80. The van der Waals surface area contributed by atoms with E-state index in [4.69, 9.17) is 5.73 Å². The van der Waals surface area contributed by atoms with Crippen LogP contribution in [0, 0.1) is 0 Å². The lowest BCUT2D eigenvalue weighted by Crippen LogP contribution is -2.26. The molecule has 0 unspecified atom stereocenters. The number of primary amides is 1. The Hall–Kier alpha value is -1.92. The molecule has 1 aromatic rings. The summed E-state index contributed by atoms with van der Waals surface area (Å²) in [6.07, 6.45) is 0.763. The molecule has 2 amide bonds. The maximum Gasteiger partial charge on any atom is 0.290 e. The number of hydrogen-bond donors (Lipinski definition) is 3. The lowest BCUT2D eigenvalue weighted by molar-refractivity contribution is -0.118. The molecule has 1 rings (SSSR count). The third-order valence-corrected chi connectivity index (χ3v) is 2.28. The standard InChI is InChI=1S/C11H19N5O2/c1-11(2,3)10-14-8(15-16-10)9(18)13-6-4-5-7(12)17/h4-6H2,1-3H3,(H2,12,17)(H,13,18)(H,14,15,16). The van der Waals surface area contributed by atoms with Crippen molar-refractivity contribution >= 4 is 11.8 Å². The summed E-state index contributed by atoms with van der Waals surface area (Å²) in [6, 6.07) is 0. The van der Waals surface area contributed by atoms with Gasteiger partial charge in [0.05, 0.1) is 0 Å². The zero-order valence-electron chi connectivity index (χ0n) is 10.9. The molecule has 0 saturated carbocycles. The zero-order valence-corrected chi connectivity index (χ0v) is 10.9. The van der Waals surface area contributed by atoms with Gasteiger partial charge in [-0.15, -0.1) is 5.10 Å². The fourth-order valence-electron chi connectivity index (χ4n) is 1.24. The lowest BCUT2D eigenvalue weighted by Gasteiger charge is -2.12. The second kappa shape index (κ2) is 5.61. The van der Waals surface area contributed by atoms with E-state index in [-0.39, 0.29) is 29.5 Å². The molecule has 0 saturated heterocycles. The van der Waals surface area contributed by atoms with Crippen LogP contribution in [0.3, 0.4) is 0 Å². The highest BCUT2D eigenvalue weighted by Crippen LogP contribution is 2.17.